The summed E-state index contributed by atoms with van der Waals surface area (Å²) in [7, 11) is -4.83. The number of fused-ring (bicyclic) bond motifs is 2. The summed E-state index contributed by atoms with van der Waals surface area (Å²) in [5.74, 6) is -5.21. The van der Waals surface area contributed by atoms with Crippen LogP contribution in [0.1, 0.15) is 36.3 Å². The first-order valence-electron chi connectivity index (χ1n) is 11.8. The summed E-state index contributed by atoms with van der Waals surface area (Å²) in [6, 6.07) is 5.17. The van der Waals surface area contributed by atoms with Crippen LogP contribution in [0.15, 0.2) is 36.9 Å². The summed E-state index contributed by atoms with van der Waals surface area (Å²) in [6.07, 6.45) is -7.33. The van der Waals surface area contributed by atoms with Gasteiger partial charge in [0.05, 0.1) is 6.61 Å². The van der Waals surface area contributed by atoms with Gasteiger partial charge in [-0.05, 0) is 17.5 Å². The molecule has 40 heavy (non-hydrogen) atoms. The van der Waals surface area contributed by atoms with Crippen LogP contribution >= 0.6 is 0 Å². The Hall–Kier alpha value is -3.39. The highest BCUT2D eigenvalue weighted by Crippen LogP contribution is 2.56. The van der Waals surface area contributed by atoms with E-state index in [4.69, 9.17) is 14.7 Å². The number of aromatic amines is 1. The Balaban J connectivity index is 1.20. The molecule has 3 aromatic rings. The minimum Gasteiger partial charge on any atom is -0.387 e. The normalized spacial score (nSPS) is 29.5. The molecule has 15 nitrogen and oxygen atoms in total. The van der Waals surface area contributed by atoms with Crippen LogP contribution in [-0.2, 0) is 29.6 Å². The maximum atomic E-state index is 14.7. The summed E-state index contributed by atoms with van der Waals surface area (Å²) in [5, 5.41) is 41.5. The van der Waals surface area contributed by atoms with Crippen molar-refractivity contribution < 1.29 is 55.9 Å². The second kappa shape index (κ2) is 9.91. The van der Waals surface area contributed by atoms with E-state index in [-0.39, 0.29) is 22.6 Å². The van der Waals surface area contributed by atoms with E-state index in [0.717, 1.165) is 0 Å². The number of halogens is 2. The van der Waals surface area contributed by atoms with Crippen molar-refractivity contribution in [3.8, 4) is 0 Å². The molecule has 0 bridgehead atoms. The molecule has 0 unspecified atom stereocenters. The minimum absolute atomic E-state index is 0.114. The molecular weight excluding hydrogens is 562 g/mol. The second-order valence-electron chi connectivity index (χ2n) is 9.42. The lowest BCUT2D eigenvalue weighted by Gasteiger charge is -2.31. The number of H-pyrrole nitrogens is 1. The smallest absolute Gasteiger partial charge is 0.362 e. The fourth-order valence-electron chi connectivity index (χ4n) is 4.89. The molecule has 8 N–H and O–H groups in total. The monoisotopic (exact) mass is 587 g/mol. The fourth-order valence-corrected chi connectivity index (χ4v) is 5.65. The molecule has 1 aromatic carbocycles. The molecule has 1 fully saturated rings. The molecule has 2 aromatic heterocycles. The zero-order valence-electron chi connectivity index (χ0n) is 20.4. The number of rotatable bonds is 8. The van der Waals surface area contributed by atoms with Crippen LogP contribution in [0.4, 0.5) is 14.6 Å². The number of nitrogens with zero attached hydrogens (tertiary/aromatic N) is 3. The van der Waals surface area contributed by atoms with Crippen molar-refractivity contribution in [1.29, 1.82) is 0 Å². The molecule has 6 atom stereocenters. The third kappa shape index (κ3) is 4.56. The van der Waals surface area contributed by atoms with Crippen molar-refractivity contribution >= 4 is 33.2 Å². The van der Waals surface area contributed by atoms with Crippen LogP contribution in [-0.4, -0.2) is 80.5 Å². The summed E-state index contributed by atoms with van der Waals surface area (Å²) >= 11 is 0. The molecule has 5 rings (SSSR count). The van der Waals surface area contributed by atoms with Gasteiger partial charge in [0, 0.05) is 6.42 Å². The Morgan fingerprint density at radius 2 is 1.95 bits per heavy atom. The minimum atomic E-state index is -4.83. The number of carbonyl (C=O) groups excluding carboxylic acids is 1. The third-order valence-corrected chi connectivity index (χ3v) is 7.92. The van der Waals surface area contributed by atoms with E-state index < -0.39 is 77.8 Å². The standard InChI is InChI=1S/C22H24F2N6O9S/c23-22(24)17(34)10-3-1-2-4-11(10)21(22,35)6-5-13(31)29-40(36,37)38-7-12-15(32)16(33)20(39-12)30-9-28-14-18(25)26-8-27-19(14)30/h1-4,8-9,12,15-17,20,32-35H,5-7H2,(H3,25,26,27,29,31)/p+1/t12-,15-,16-,17+,20-,21+/m1/s1. The Bertz CT molecular complexity index is 1560. The lowest BCUT2D eigenvalue weighted by Crippen LogP contribution is -2.45. The number of aliphatic hydroxyl groups excluding tert-OH is 3. The number of imidazole rings is 1. The fraction of sp³-hybridized carbons (Fsp3) is 0.455. The largest absolute Gasteiger partial charge is 0.387 e. The molecule has 1 aliphatic carbocycles. The van der Waals surface area contributed by atoms with Gasteiger partial charge in [-0.1, -0.05) is 29.2 Å². The second-order valence-corrected chi connectivity index (χ2v) is 10.8. The van der Waals surface area contributed by atoms with Crippen LogP contribution < -0.4 is 15.0 Å². The van der Waals surface area contributed by atoms with Crippen molar-refractivity contribution in [3.63, 3.8) is 0 Å². The predicted octanol–water partition coefficient (Wildman–Crippen LogP) is -1.83. The highest BCUT2D eigenvalue weighted by atomic mass is 32.2. The number of amides is 1. The van der Waals surface area contributed by atoms with Gasteiger partial charge >= 0.3 is 21.9 Å². The van der Waals surface area contributed by atoms with Crippen molar-refractivity contribution in [2.24, 2.45) is 0 Å². The van der Waals surface area contributed by atoms with Crippen LogP contribution in [0.2, 0.25) is 0 Å². The van der Waals surface area contributed by atoms with Gasteiger partial charge in [0.1, 0.15) is 24.4 Å². The van der Waals surface area contributed by atoms with Crippen molar-refractivity contribution in [3.05, 3.63) is 48.0 Å². The first-order valence-corrected chi connectivity index (χ1v) is 13.3. The molecule has 2 aliphatic rings. The van der Waals surface area contributed by atoms with Crippen molar-refractivity contribution in [1.82, 2.24) is 19.7 Å². The van der Waals surface area contributed by atoms with Crippen molar-refractivity contribution in [2.45, 2.75) is 55.0 Å². The number of nitrogen functional groups attached to an aromatic ring is 1. The number of ether oxygens (including phenoxy) is 1. The lowest BCUT2D eigenvalue weighted by atomic mass is 9.88. The predicted molar refractivity (Wildman–Crippen MR) is 127 cm³/mol. The summed E-state index contributed by atoms with van der Waals surface area (Å²) in [5.41, 5.74) is 2.92. The Kier molecular flexibility index (Phi) is 6.97. The molecule has 1 aliphatic heterocycles. The van der Waals surface area contributed by atoms with E-state index in [1.807, 2.05) is 0 Å². The molecule has 1 saturated heterocycles. The number of anilines is 1. The Morgan fingerprint density at radius 1 is 1.23 bits per heavy atom. The van der Waals surface area contributed by atoms with Gasteiger partial charge in [-0.25, -0.2) is 9.29 Å². The highest BCUT2D eigenvalue weighted by Gasteiger charge is 2.64. The van der Waals surface area contributed by atoms with Gasteiger partial charge in [0.25, 0.3) is 0 Å². The SMILES string of the molecule is Nc1ncnc2c1[nH]c[n+]2[C@@H]1O[C@H](COS(=O)(=O)NC(=O)CC[C@]2(O)c3ccccc3[C@H](O)C2(F)F)[C@@H](O)[C@H]1O. The van der Waals surface area contributed by atoms with Gasteiger partial charge in [-0.15, -0.1) is 0 Å². The average molecular weight is 588 g/mol. The van der Waals surface area contributed by atoms with E-state index in [9.17, 15) is 42.4 Å². The highest BCUT2D eigenvalue weighted by molar-refractivity contribution is 7.85. The third-order valence-electron chi connectivity index (χ3n) is 7.00. The van der Waals surface area contributed by atoms with E-state index >= 15 is 0 Å². The number of carbonyl (C=O) groups is 1. The number of hydrogen-bond donors (Lipinski definition) is 7. The average Bonchev–Trinajstić information content (AvgIpc) is 3.50. The number of nitrogens with one attached hydrogen (secondary N) is 2. The molecule has 18 heteroatoms. The summed E-state index contributed by atoms with van der Waals surface area (Å²) in [6.45, 7) is -0.834. The van der Waals surface area contributed by atoms with E-state index in [0.29, 0.717) is 5.52 Å². The first kappa shape index (κ1) is 28.1. The molecule has 1 amide bonds. The first-order chi connectivity index (χ1) is 18.8. The summed E-state index contributed by atoms with van der Waals surface area (Å²) in [4.78, 5) is 23.0. The van der Waals surface area contributed by atoms with Crippen LogP contribution in [0.3, 0.4) is 0 Å². The van der Waals surface area contributed by atoms with E-state index in [1.54, 1.807) is 0 Å². The van der Waals surface area contributed by atoms with E-state index in [2.05, 4.69) is 15.0 Å². The Morgan fingerprint density at radius 3 is 2.70 bits per heavy atom. The van der Waals surface area contributed by atoms with Gasteiger partial charge in [0.15, 0.2) is 24.1 Å². The number of nitrogens with two attached hydrogens (primary N) is 1. The number of benzene rings is 1. The topological polar surface area (TPSA) is 234 Å². The molecule has 0 radical (unpaired) electrons. The number of aliphatic hydroxyl groups is 4. The van der Waals surface area contributed by atoms with Gasteiger partial charge < -0.3 is 30.9 Å². The van der Waals surface area contributed by atoms with Gasteiger partial charge in [-0.3, -0.25) is 14.0 Å². The molecular formula is C22H25F2N6O9S+. The molecule has 3 heterocycles. The van der Waals surface area contributed by atoms with Crippen LogP contribution in [0.25, 0.3) is 11.2 Å². The number of aromatic nitrogens is 4. The number of hydrogen-bond acceptors (Lipinski definition) is 12. The van der Waals surface area contributed by atoms with E-state index in [1.165, 1.54) is 46.2 Å². The Labute approximate surface area is 224 Å². The lowest BCUT2D eigenvalue weighted by molar-refractivity contribution is -0.745. The quantitative estimate of drug-likeness (QED) is 0.144. The van der Waals surface area contributed by atoms with Gasteiger partial charge in [-0.2, -0.15) is 22.2 Å². The van der Waals surface area contributed by atoms with Crippen LogP contribution in [0.5, 0.6) is 0 Å². The van der Waals surface area contributed by atoms with Crippen LogP contribution in [0, 0.1) is 0 Å². The maximum Gasteiger partial charge on any atom is 0.362 e. The molecule has 216 valence electrons. The molecule has 0 saturated carbocycles. The summed E-state index contributed by atoms with van der Waals surface area (Å²) < 4.78 is 67.2. The van der Waals surface area contributed by atoms with Gasteiger partial charge in [0.2, 0.25) is 17.7 Å². The zero-order chi connectivity index (χ0) is 29.0. The molecule has 0 spiro atoms. The maximum absolute atomic E-state index is 14.7. The zero-order valence-corrected chi connectivity index (χ0v) is 21.2. The number of alkyl halides is 2. The van der Waals surface area contributed by atoms with Crippen molar-refractivity contribution in [2.75, 3.05) is 12.3 Å².